The van der Waals surface area contributed by atoms with E-state index >= 15 is 0 Å². The second-order valence-electron chi connectivity index (χ2n) is 3.78. The van der Waals surface area contributed by atoms with Crippen molar-refractivity contribution >= 4 is 33.3 Å². The van der Waals surface area contributed by atoms with Crippen LogP contribution < -0.4 is 4.74 Å². The first-order chi connectivity index (χ1) is 9.04. The van der Waals surface area contributed by atoms with Gasteiger partial charge in [0.05, 0.1) is 16.6 Å². The van der Waals surface area contributed by atoms with Gasteiger partial charge in [0, 0.05) is 11.1 Å². The van der Waals surface area contributed by atoms with Gasteiger partial charge in [-0.25, -0.2) is 4.39 Å². The maximum atomic E-state index is 13.3. The van der Waals surface area contributed by atoms with E-state index in [0.717, 1.165) is 0 Å². The minimum absolute atomic E-state index is 0.138. The third-order valence-corrected chi connectivity index (χ3v) is 3.61. The molecular weight excluding hydrogens is 335 g/mol. The molecule has 0 aromatic heterocycles. The predicted molar refractivity (Wildman–Crippen MR) is 75.5 cm³/mol. The summed E-state index contributed by atoms with van der Waals surface area (Å²) in [7, 11) is 1.53. The quantitative estimate of drug-likeness (QED) is 0.768. The van der Waals surface area contributed by atoms with Gasteiger partial charge in [0.25, 0.3) is 0 Å². The van der Waals surface area contributed by atoms with E-state index in [9.17, 15) is 9.18 Å². The first kappa shape index (κ1) is 14.0. The molecule has 0 bridgehead atoms. The Morgan fingerprint density at radius 2 is 2.05 bits per heavy atom. The number of rotatable bonds is 3. The molecule has 0 saturated carbocycles. The van der Waals surface area contributed by atoms with Crippen LogP contribution >= 0.6 is 27.5 Å². The number of methoxy groups -OCH3 is 1. The Labute approximate surface area is 123 Å². The van der Waals surface area contributed by atoms with Gasteiger partial charge < -0.3 is 4.74 Å². The molecule has 2 nitrogen and oxygen atoms in total. The van der Waals surface area contributed by atoms with Crippen LogP contribution in [0.25, 0.3) is 0 Å². The summed E-state index contributed by atoms with van der Waals surface area (Å²) in [5, 5.41) is -0.167. The molecule has 5 heteroatoms. The van der Waals surface area contributed by atoms with Crippen molar-refractivity contribution in [2.75, 3.05) is 7.11 Å². The van der Waals surface area contributed by atoms with E-state index in [-0.39, 0.29) is 16.4 Å². The van der Waals surface area contributed by atoms with Crippen molar-refractivity contribution in [1.29, 1.82) is 0 Å². The molecule has 0 unspecified atom stereocenters. The number of benzene rings is 2. The molecule has 0 aliphatic heterocycles. The van der Waals surface area contributed by atoms with Crippen molar-refractivity contribution in [2.45, 2.75) is 0 Å². The second kappa shape index (κ2) is 5.72. The van der Waals surface area contributed by atoms with Crippen molar-refractivity contribution in [3.05, 3.63) is 62.8 Å². The summed E-state index contributed by atoms with van der Waals surface area (Å²) < 4.78 is 19.1. The van der Waals surface area contributed by atoms with E-state index < -0.39 is 5.82 Å². The molecule has 0 heterocycles. The van der Waals surface area contributed by atoms with Gasteiger partial charge in [-0.1, -0.05) is 17.7 Å². The van der Waals surface area contributed by atoms with Crippen LogP contribution in [0.3, 0.4) is 0 Å². The standard InChI is InChI=1S/C14H9BrClFO2/c1-19-12-6-5-8(7-10(12)15)14(18)9-3-2-4-11(17)13(9)16/h2-7H,1H3. The zero-order chi connectivity index (χ0) is 14.0. The Morgan fingerprint density at radius 3 is 2.68 bits per heavy atom. The van der Waals surface area contributed by atoms with E-state index in [0.29, 0.717) is 15.8 Å². The van der Waals surface area contributed by atoms with Gasteiger partial charge in [-0.3, -0.25) is 4.79 Å². The van der Waals surface area contributed by atoms with Crippen LogP contribution in [-0.2, 0) is 0 Å². The Kier molecular flexibility index (Phi) is 4.22. The zero-order valence-corrected chi connectivity index (χ0v) is 12.3. The topological polar surface area (TPSA) is 26.3 Å². The van der Waals surface area contributed by atoms with Crippen molar-refractivity contribution in [3.8, 4) is 5.75 Å². The van der Waals surface area contributed by atoms with Gasteiger partial charge in [0.1, 0.15) is 11.6 Å². The largest absolute Gasteiger partial charge is 0.496 e. The summed E-state index contributed by atoms with van der Waals surface area (Å²) >= 11 is 9.10. The highest BCUT2D eigenvalue weighted by molar-refractivity contribution is 9.10. The van der Waals surface area contributed by atoms with Crippen LogP contribution in [0.15, 0.2) is 40.9 Å². The molecule has 2 aromatic carbocycles. The summed E-state index contributed by atoms with van der Waals surface area (Å²) in [6, 6.07) is 9.03. The van der Waals surface area contributed by atoms with E-state index in [1.165, 1.54) is 25.3 Å². The SMILES string of the molecule is COc1ccc(C(=O)c2cccc(F)c2Cl)cc1Br. The average Bonchev–Trinajstić information content (AvgIpc) is 2.41. The summed E-state index contributed by atoms with van der Waals surface area (Å²) in [6.45, 7) is 0. The Balaban J connectivity index is 2.44. The van der Waals surface area contributed by atoms with Gasteiger partial charge in [-0.05, 0) is 46.3 Å². The van der Waals surface area contributed by atoms with Crippen LogP contribution in [0.4, 0.5) is 4.39 Å². The summed E-state index contributed by atoms with van der Waals surface area (Å²) in [4.78, 5) is 12.3. The Bertz CT molecular complexity index is 643. The molecule has 2 rings (SSSR count). The molecule has 0 aliphatic rings. The Morgan fingerprint density at radius 1 is 1.32 bits per heavy atom. The van der Waals surface area contributed by atoms with Crippen molar-refractivity contribution in [2.24, 2.45) is 0 Å². The van der Waals surface area contributed by atoms with Gasteiger partial charge >= 0.3 is 0 Å². The molecule has 0 saturated heterocycles. The maximum absolute atomic E-state index is 13.3. The minimum Gasteiger partial charge on any atom is -0.496 e. The highest BCUT2D eigenvalue weighted by Crippen LogP contribution is 2.28. The van der Waals surface area contributed by atoms with E-state index in [4.69, 9.17) is 16.3 Å². The van der Waals surface area contributed by atoms with Crippen molar-refractivity contribution in [1.82, 2.24) is 0 Å². The molecule has 0 atom stereocenters. The van der Waals surface area contributed by atoms with E-state index in [1.807, 2.05) is 0 Å². The van der Waals surface area contributed by atoms with Gasteiger partial charge in [0.15, 0.2) is 5.78 Å². The minimum atomic E-state index is -0.611. The van der Waals surface area contributed by atoms with E-state index in [1.54, 1.807) is 18.2 Å². The number of ether oxygens (including phenoxy) is 1. The smallest absolute Gasteiger partial charge is 0.194 e. The first-order valence-electron chi connectivity index (χ1n) is 5.37. The highest BCUT2D eigenvalue weighted by Gasteiger charge is 2.16. The van der Waals surface area contributed by atoms with Crippen LogP contribution in [-0.4, -0.2) is 12.9 Å². The normalized spacial score (nSPS) is 10.3. The van der Waals surface area contributed by atoms with Gasteiger partial charge in [0.2, 0.25) is 0 Å². The van der Waals surface area contributed by atoms with Crippen LogP contribution in [0, 0.1) is 5.82 Å². The molecule has 19 heavy (non-hydrogen) atoms. The van der Waals surface area contributed by atoms with Crippen molar-refractivity contribution in [3.63, 3.8) is 0 Å². The maximum Gasteiger partial charge on any atom is 0.194 e. The zero-order valence-electron chi connectivity index (χ0n) is 9.91. The molecule has 0 radical (unpaired) electrons. The molecule has 2 aromatic rings. The molecular formula is C14H9BrClFO2. The number of carbonyl (C=O) groups excluding carboxylic acids is 1. The lowest BCUT2D eigenvalue weighted by Crippen LogP contribution is -2.03. The van der Waals surface area contributed by atoms with Crippen LogP contribution in [0.2, 0.25) is 5.02 Å². The molecule has 0 N–H and O–H groups in total. The van der Waals surface area contributed by atoms with Crippen LogP contribution in [0.1, 0.15) is 15.9 Å². The predicted octanol–water partition coefficient (Wildman–Crippen LogP) is 4.48. The molecule has 0 aliphatic carbocycles. The fourth-order valence-electron chi connectivity index (χ4n) is 1.64. The number of carbonyl (C=O) groups is 1. The third kappa shape index (κ3) is 2.80. The number of hydrogen-bond acceptors (Lipinski definition) is 2. The second-order valence-corrected chi connectivity index (χ2v) is 5.01. The lowest BCUT2D eigenvalue weighted by molar-refractivity contribution is 0.103. The van der Waals surface area contributed by atoms with E-state index in [2.05, 4.69) is 15.9 Å². The summed E-state index contributed by atoms with van der Waals surface area (Å²) in [6.07, 6.45) is 0. The average molecular weight is 344 g/mol. The summed E-state index contributed by atoms with van der Waals surface area (Å²) in [5.41, 5.74) is 0.541. The Hall–Kier alpha value is -1.39. The third-order valence-electron chi connectivity index (χ3n) is 2.61. The first-order valence-corrected chi connectivity index (χ1v) is 6.54. The lowest BCUT2D eigenvalue weighted by atomic mass is 10.0. The fraction of sp³-hybridized carbons (Fsp3) is 0.0714. The number of hydrogen-bond donors (Lipinski definition) is 0. The fourth-order valence-corrected chi connectivity index (χ4v) is 2.39. The summed E-state index contributed by atoms with van der Waals surface area (Å²) in [5.74, 6) is -0.338. The van der Waals surface area contributed by atoms with Gasteiger partial charge in [-0.2, -0.15) is 0 Å². The number of ketones is 1. The van der Waals surface area contributed by atoms with Crippen molar-refractivity contribution < 1.29 is 13.9 Å². The van der Waals surface area contributed by atoms with Crippen LogP contribution in [0.5, 0.6) is 5.75 Å². The molecule has 0 spiro atoms. The highest BCUT2D eigenvalue weighted by atomic mass is 79.9. The lowest BCUT2D eigenvalue weighted by Gasteiger charge is -2.07. The number of halogens is 3. The molecule has 98 valence electrons. The monoisotopic (exact) mass is 342 g/mol. The molecule has 0 amide bonds. The molecule has 0 fully saturated rings. The van der Waals surface area contributed by atoms with Gasteiger partial charge in [-0.15, -0.1) is 0 Å².